The minimum absolute atomic E-state index is 0.0285. The van der Waals surface area contributed by atoms with Crippen molar-refractivity contribution in [2.45, 2.75) is 143 Å². The highest BCUT2D eigenvalue weighted by molar-refractivity contribution is 6.00. The standard InChI is InChI=1S/C43H62N2O8/c1-10-12-14-16-35(27-37(47)34-23-21-33(22-24-34)32-19-17-31(18-20-32)15-13-11-2)41(50)45(9)39(30(5)53-43(6,7)8)38(48)25-28(3)40(49)44-36(42(51)52)26-29(4)46/h17-24,28,30,35-36,39H,10-16,25-27H2,1-9H3,(H,44,49)(H,51,52)/t28-,30-,35-,36+,39+/m1/s1. The van der Waals surface area contributed by atoms with Gasteiger partial charge in [-0.2, -0.15) is 0 Å². The summed E-state index contributed by atoms with van der Waals surface area (Å²) in [6, 6.07) is 13.4. The van der Waals surface area contributed by atoms with E-state index in [-0.39, 0.29) is 31.0 Å². The number of hydrogen-bond donors (Lipinski definition) is 2. The Hall–Kier alpha value is -4.18. The maximum absolute atomic E-state index is 14.3. The van der Waals surface area contributed by atoms with E-state index in [0.29, 0.717) is 12.0 Å². The highest BCUT2D eigenvalue weighted by Gasteiger charge is 2.38. The number of benzene rings is 2. The molecule has 0 unspecified atom stereocenters. The lowest BCUT2D eigenvalue weighted by molar-refractivity contribution is -0.152. The summed E-state index contributed by atoms with van der Waals surface area (Å²) in [5.74, 6) is -5.05. The number of likely N-dealkylation sites (N-methyl/N-ethyl adjacent to an activating group) is 1. The number of nitrogens with zero attached hydrogens (tertiary/aromatic N) is 1. The van der Waals surface area contributed by atoms with Crippen LogP contribution >= 0.6 is 0 Å². The van der Waals surface area contributed by atoms with E-state index in [4.69, 9.17) is 4.74 Å². The lowest BCUT2D eigenvalue weighted by atomic mass is 9.89. The van der Waals surface area contributed by atoms with Gasteiger partial charge in [-0.15, -0.1) is 0 Å². The molecule has 292 valence electrons. The molecule has 0 aromatic heterocycles. The Morgan fingerprint density at radius 3 is 1.89 bits per heavy atom. The summed E-state index contributed by atoms with van der Waals surface area (Å²) >= 11 is 0. The molecular weight excluding hydrogens is 672 g/mol. The first-order chi connectivity index (χ1) is 24.9. The second-order valence-electron chi connectivity index (χ2n) is 15.4. The SMILES string of the molecule is CCCCC[C@H](CC(=O)c1ccc(-c2ccc(CCCC)cc2)cc1)C(=O)N(C)[C@H](C(=O)C[C@@H](C)C(=O)N[C@@H](CC(C)=O)C(=O)O)[C@@H](C)OC(C)(C)C. The monoisotopic (exact) mass is 734 g/mol. The smallest absolute Gasteiger partial charge is 0.326 e. The number of Topliss-reactive ketones (excluding diaryl/α,β-unsaturated/α-hetero) is 3. The van der Waals surface area contributed by atoms with Gasteiger partial charge < -0.3 is 20.1 Å². The van der Waals surface area contributed by atoms with Gasteiger partial charge in [-0.05, 0) is 70.6 Å². The van der Waals surface area contributed by atoms with Crippen molar-refractivity contribution in [2.24, 2.45) is 11.8 Å². The van der Waals surface area contributed by atoms with Crippen molar-refractivity contribution < 1.29 is 38.6 Å². The van der Waals surface area contributed by atoms with Crippen LogP contribution < -0.4 is 5.32 Å². The van der Waals surface area contributed by atoms with E-state index in [0.717, 1.165) is 49.7 Å². The third kappa shape index (κ3) is 15.0. The molecule has 2 N–H and O–H groups in total. The molecule has 0 aliphatic carbocycles. The molecule has 2 rings (SSSR count). The molecule has 0 heterocycles. The number of unbranched alkanes of at least 4 members (excludes halogenated alkanes) is 3. The highest BCUT2D eigenvalue weighted by Crippen LogP contribution is 2.26. The predicted octanol–water partition coefficient (Wildman–Crippen LogP) is 7.64. The Balaban J connectivity index is 2.31. The van der Waals surface area contributed by atoms with Crippen LogP contribution in [0.15, 0.2) is 48.5 Å². The van der Waals surface area contributed by atoms with E-state index in [1.165, 1.54) is 31.4 Å². The lowest BCUT2D eigenvalue weighted by Gasteiger charge is -2.37. The zero-order valence-corrected chi connectivity index (χ0v) is 33.3. The predicted molar refractivity (Wildman–Crippen MR) is 208 cm³/mol. The normalized spacial score (nSPS) is 14.4. The van der Waals surface area contributed by atoms with Crippen LogP contribution in [0.4, 0.5) is 0 Å². The van der Waals surface area contributed by atoms with Crippen molar-refractivity contribution in [3.63, 3.8) is 0 Å². The van der Waals surface area contributed by atoms with Gasteiger partial charge in [0.2, 0.25) is 11.8 Å². The third-order valence-electron chi connectivity index (χ3n) is 9.39. The van der Waals surface area contributed by atoms with Crippen LogP contribution in [0.2, 0.25) is 0 Å². The average Bonchev–Trinajstić information content (AvgIpc) is 3.08. The van der Waals surface area contributed by atoms with Crippen LogP contribution in [-0.4, -0.2) is 76.0 Å². The van der Waals surface area contributed by atoms with Gasteiger partial charge in [0.25, 0.3) is 0 Å². The summed E-state index contributed by atoms with van der Waals surface area (Å²) in [5, 5.41) is 11.8. The number of rotatable bonds is 23. The number of ether oxygens (including phenoxy) is 1. The van der Waals surface area contributed by atoms with Crippen LogP contribution in [-0.2, 0) is 35.1 Å². The second kappa shape index (κ2) is 21.5. The van der Waals surface area contributed by atoms with Crippen LogP contribution in [0.25, 0.3) is 11.1 Å². The van der Waals surface area contributed by atoms with Crippen molar-refractivity contribution in [3.05, 3.63) is 59.7 Å². The average molecular weight is 735 g/mol. The molecular formula is C43H62N2O8. The molecule has 2 amide bonds. The number of carboxylic acids is 1. The van der Waals surface area contributed by atoms with Gasteiger partial charge in [-0.3, -0.25) is 24.0 Å². The fraction of sp³-hybridized carbons (Fsp3) is 0.581. The van der Waals surface area contributed by atoms with Crippen LogP contribution in [0.5, 0.6) is 0 Å². The van der Waals surface area contributed by atoms with Gasteiger partial charge in [0.1, 0.15) is 17.9 Å². The number of aliphatic carboxylic acids is 1. The molecule has 0 saturated carbocycles. The minimum atomic E-state index is -1.42. The quantitative estimate of drug-likeness (QED) is 0.0875. The summed E-state index contributed by atoms with van der Waals surface area (Å²) in [7, 11) is 1.53. The van der Waals surface area contributed by atoms with Gasteiger partial charge in [-0.25, -0.2) is 4.79 Å². The Kier molecular flexibility index (Phi) is 18.2. The number of carboxylic acid groups (broad SMARTS) is 1. The molecule has 2 aromatic carbocycles. The molecule has 0 bridgehead atoms. The number of nitrogens with one attached hydrogen (secondary N) is 1. The number of amides is 2. The first kappa shape index (κ1) is 45.0. The molecule has 10 nitrogen and oxygen atoms in total. The fourth-order valence-electron chi connectivity index (χ4n) is 6.55. The van der Waals surface area contributed by atoms with Gasteiger partial charge in [-0.1, -0.05) is 95.0 Å². The molecule has 0 fully saturated rings. The maximum Gasteiger partial charge on any atom is 0.326 e. The molecule has 5 atom stereocenters. The van der Waals surface area contributed by atoms with Crippen molar-refractivity contribution in [1.29, 1.82) is 0 Å². The minimum Gasteiger partial charge on any atom is -0.480 e. The van der Waals surface area contributed by atoms with E-state index < -0.39 is 59.1 Å². The number of carbonyl (C=O) groups excluding carboxylic acids is 5. The largest absolute Gasteiger partial charge is 0.480 e. The molecule has 2 aromatic rings. The first-order valence-corrected chi connectivity index (χ1v) is 19.1. The Morgan fingerprint density at radius 1 is 0.811 bits per heavy atom. The Labute approximate surface area is 316 Å². The Bertz CT molecular complexity index is 1530. The number of hydrogen-bond acceptors (Lipinski definition) is 7. The van der Waals surface area contributed by atoms with Crippen molar-refractivity contribution >= 4 is 35.1 Å². The highest BCUT2D eigenvalue weighted by atomic mass is 16.5. The van der Waals surface area contributed by atoms with Gasteiger partial charge in [0.15, 0.2) is 11.6 Å². The van der Waals surface area contributed by atoms with E-state index in [9.17, 15) is 33.9 Å². The van der Waals surface area contributed by atoms with Crippen molar-refractivity contribution in [2.75, 3.05) is 7.05 Å². The molecule has 53 heavy (non-hydrogen) atoms. The number of aryl methyl sites for hydroxylation is 1. The molecule has 10 heteroatoms. The fourth-order valence-corrected chi connectivity index (χ4v) is 6.55. The van der Waals surface area contributed by atoms with Gasteiger partial charge >= 0.3 is 5.97 Å². The second-order valence-corrected chi connectivity index (χ2v) is 15.4. The van der Waals surface area contributed by atoms with E-state index >= 15 is 0 Å². The maximum atomic E-state index is 14.3. The lowest BCUT2D eigenvalue weighted by Crippen LogP contribution is -2.53. The van der Waals surface area contributed by atoms with E-state index in [1.807, 2.05) is 32.9 Å². The number of carbonyl (C=O) groups is 6. The topological polar surface area (TPSA) is 147 Å². The third-order valence-corrected chi connectivity index (χ3v) is 9.39. The van der Waals surface area contributed by atoms with E-state index in [1.54, 1.807) is 19.1 Å². The summed E-state index contributed by atoms with van der Waals surface area (Å²) in [4.78, 5) is 79.5. The summed E-state index contributed by atoms with van der Waals surface area (Å²) in [6.45, 7) is 14.2. The molecule has 0 aliphatic rings. The van der Waals surface area contributed by atoms with Crippen molar-refractivity contribution in [1.82, 2.24) is 10.2 Å². The first-order valence-electron chi connectivity index (χ1n) is 19.1. The molecule has 0 radical (unpaired) electrons. The molecule has 0 saturated heterocycles. The summed E-state index contributed by atoms with van der Waals surface area (Å²) in [5.41, 5.74) is 3.19. The molecule has 0 spiro atoms. The summed E-state index contributed by atoms with van der Waals surface area (Å²) in [6.07, 6.45) is 4.86. The zero-order valence-electron chi connectivity index (χ0n) is 33.3. The zero-order chi connectivity index (χ0) is 39.9. The van der Waals surface area contributed by atoms with Crippen LogP contribution in [0, 0.1) is 11.8 Å². The van der Waals surface area contributed by atoms with Crippen LogP contribution in [0.1, 0.15) is 129 Å². The van der Waals surface area contributed by atoms with E-state index in [2.05, 4.69) is 43.4 Å². The van der Waals surface area contributed by atoms with Crippen LogP contribution in [0.3, 0.4) is 0 Å². The summed E-state index contributed by atoms with van der Waals surface area (Å²) < 4.78 is 6.18. The van der Waals surface area contributed by atoms with Gasteiger partial charge in [0, 0.05) is 43.7 Å². The van der Waals surface area contributed by atoms with Crippen molar-refractivity contribution in [3.8, 4) is 11.1 Å². The Morgan fingerprint density at radius 2 is 1.38 bits per heavy atom. The van der Waals surface area contributed by atoms with Gasteiger partial charge in [0.05, 0.1) is 11.7 Å². The molecule has 0 aliphatic heterocycles. The number of ketones is 3.